The minimum atomic E-state index is -0.0287. The number of aromatic nitrogens is 2. The molecule has 1 atom stereocenters. The average molecular weight is 393 g/mol. The Hall–Kier alpha value is -1.79. The van der Waals surface area contributed by atoms with Crippen LogP contribution in [0.1, 0.15) is 26.3 Å². The van der Waals surface area contributed by atoms with Gasteiger partial charge in [-0.25, -0.2) is 9.97 Å². The lowest BCUT2D eigenvalue weighted by Crippen LogP contribution is -2.37. The molecule has 1 N–H and O–H groups in total. The van der Waals surface area contributed by atoms with Gasteiger partial charge in [-0.15, -0.1) is 0 Å². The van der Waals surface area contributed by atoms with Crippen LogP contribution in [-0.4, -0.2) is 34.7 Å². The second-order valence-corrected chi connectivity index (χ2v) is 7.89. The predicted octanol–water partition coefficient (Wildman–Crippen LogP) is 4.02. The molecule has 2 aromatic rings. The van der Waals surface area contributed by atoms with Crippen LogP contribution in [0.4, 0.5) is 5.82 Å². The first-order chi connectivity index (χ1) is 12.3. The molecule has 1 aromatic carbocycles. The highest BCUT2D eigenvalue weighted by molar-refractivity contribution is 7.99. The monoisotopic (exact) mass is 392 g/mol. The largest absolute Gasteiger partial charge is 0.355 e. The van der Waals surface area contributed by atoms with Gasteiger partial charge in [-0.3, -0.25) is 4.79 Å². The molecule has 1 amide bonds. The molecule has 0 radical (unpaired) electrons. The SMILES string of the molecule is CC(C)C(C)NC(=O)CSc1nc(Cl)cc(N(C)Cc2ccccc2)n1. The number of nitrogens with zero attached hydrogens (tertiary/aromatic N) is 3. The van der Waals surface area contributed by atoms with E-state index in [0.717, 1.165) is 5.82 Å². The third kappa shape index (κ3) is 6.50. The lowest BCUT2D eigenvalue weighted by atomic mass is 10.1. The van der Waals surface area contributed by atoms with Gasteiger partial charge in [0.25, 0.3) is 0 Å². The highest BCUT2D eigenvalue weighted by Crippen LogP contribution is 2.22. The fourth-order valence-corrected chi connectivity index (χ4v) is 3.07. The van der Waals surface area contributed by atoms with Crippen molar-refractivity contribution in [3.05, 3.63) is 47.1 Å². The smallest absolute Gasteiger partial charge is 0.230 e. The zero-order chi connectivity index (χ0) is 19.1. The number of carbonyl (C=O) groups excluding carboxylic acids is 1. The number of anilines is 1. The second-order valence-electron chi connectivity index (χ2n) is 6.56. The maximum Gasteiger partial charge on any atom is 0.230 e. The zero-order valence-electron chi connectivity index (χ0n) is 15.6. The van der Waals surface area contributed by atoms with Crippen molar-refractivity contribution < 1.29 is 4.79 Å². The number of benzene rings is 1. The Kier molecular flexibility index (Phi) is 7.72. The number of thioether (sulfide) groups is 1. The molecular weight excluding hydrogens is 368 g/mol. The van der Waals surface area contributed by atoms with Crippen molar-refractivity contribution in [2.24, 2.45) is 5.92 Å². The van der Waals surface area contributed by atoms with Gasteiger partial charge in [-0.1, -0.05) is 67.5 Å². The van der Waals surface area contributed by atoms with E-state index in [0.29, 0.717) is 22.8 Å². The molecule has 0 saturated heterocycles. The molecule has 2 rings (SSSR count). The first-order valence-corrected chi connectivity index (χ1v) is 9.93. The van der Waals surface area contributed by atoms with E-state index in [1.54, 1.807) is 6.07 Å². The fraction of sp³-hybridized carbons (Fsp3) is 0.421. The number of rotatable bonds is 8. The Morgan fingerprint density at radius 3 is 2.58 bits per heavy atom. The van der Waals surface area contributed by atoms with Gasteiger partial charge in [0.2, 0.25) is 5.91 Å². The molecule has 0 aliphatic heterocycles. The van der Waals surface area contributed by atoms with Crippen LogP contribution in [0.3, 0.4) is 0 Å². The Morgan fingerprint density at radius 2 is 1.92 bits per heavy atom. The van der Waals surface area contributed by atoms with Crippen LogP contribution in [0.25, 0.3) is 0 Å². The molecule has 0 saturated carbocycles. The number of hydrogen-bond donors (Lipinski definition) is 1. The van der Waals surface area contributed by atoms with E-state index in [1.165, 1.54) is 17.3 Å². The highest BCUT2D eigenvalue weighted by atomic mass is 35.5. The Morgan fingerprint density at radius 1 is 1.23 bits per heavy atom. The summed E-state index contributed by atoms with van der Waals surface area (Å²) >= 11 is 7.44. The molecule has 5 nitrogen and oxygen atoms in total. The third-order valence-electron chi connectivity index (χ3n) is 4.04. The van der Waals surface area contributed by atoms with Gasteiger partial charge in [0.15, 0.2) is 5.16 Å². The van der Waals surface area contributed by atoms with Gasteiger partial charge >= 0.3 is 0 Å². The van der Waals surface area contributed by atoms with E-state index in [9.17, 15) is 4.79 Å². The second kappa shape index (κ2) is 9.78. The lowest BCUT2D eigenvalue weighted by Gasteiger charge is -2.19. The van der Waals surface area contributed by atoms with Crippen molar-refractivity contribution in [2.45, 2.75) is 38.5 Å². The van der Waals surface area contributed by atoms with Gasteiger partial charge in [-0.2, -0.15) is 0 Å². The predicted molar refractivity (Wildman–Crippen MR) is 109 cm³/mol. The molecule has 26 heavy (non-hydrogen) atoms. The molecular formula is C19H25ClN4OS. The first kappa shape index (κ1) is 20.5. The standard InChI is InChI=1S/C19H25ClN4OS/c1-13(2)14(3)21-18(25)12-26-19-22-16(20)10-17(23-19)24(4)11-15-8-6-5-7-9-15/h5-10,13-14H,11-12H2,1-4H3,(H,21,25). The summed E-state index contributed by atoms with van der Waals surface area (Å²) in [5.41, 5.74) is 1.18. The van der Waals surface area contributed by atoms with Gasteiger partial charge in [0.05, 0.1) is 5.75 Å². The molecule has 1 unspecified atom stereocenters. The normalized spacial score (nSPS) is 12.1. The summed E-state index contributed by atoms with van der Waals surface area (Å²) < 4.78 is 0. The van der Waals surface area contributed by atoms with Gasteiger partial charge in [0.1, 0.15) is 11.0 Å². The van der Waals surface area contributed by atoms with Gasteiger partial charge < -0.3 is 10.2 Å². The van der Waals surface area contributed by atoms with E-state index in [-0.39, 0.29) is 17.7 Å². The molecule has 7 heteroatoms. The summed E-state index contributed by atoms with van der Waals surface area (Å²) in [6, 6.07) is 12.0. The van der Waals surface area contributed by atoms with Crippen LogP contribution in [-0.2, 0) is 11.3 Å². The van der Waals surface area contributed by atoms with Crippen molar-refractivity contribution in [1.29, 1.82) is 0 Å². The van der Waals surface area contributed by atoms with Crippen LogP contribution in [0.5, 0.6) is 0 Å². The maximum atomic E-state index is 12.0. The zero-order valence-corrected chi connectivity index (χ0v) is 17.1. The summed E-state index contributed by atoms with van der Waals surface area (Å²) in [6.07, 6.45) is 0. The Labute approximate surface area is 164 Å². The topological polar surface area (TPSA) is 58.1 Å². The maximum absolute atomic E-state index is 12.0. The molecule has 0 spiro atoms. The van der Waals surface area contributed by atoms with Gasteiger partial charge in [-0.05, 0) is 18.4 Å². The number of nitrogens with one attached hydrogen (secondary N) is 1. The number of halogens is 1. The van der Waals surface area contributed by atoms with E-state index in [4.69, 9.17) is 11.6 Å². The average Bonchev–Trinajstić information content (AvgIpc) is 2.60. The number of amides is 1. The van der Waals surface area contributed by atoms with E-state index >= 15 is 0 Å². The van der Waals surface area contributed by atoms with Crippen molar-refractivity contribution in [2.75, 3.05) is 17.7 Å². The molecule has 140 valence electrons. The van der Waals surface area contributed by atoms with E-state index in [2.05, 4.69) is 41.3 Å². The minimum absolute atomic E-state index is 0.0287. The van der Waals surface area contributed by atoms with Crippen LogP contribution < -0.4 is 10.2 Å². The quantitative estimate of drug-likeness (QED) is 0.417. The fourth-order valence-electron chi connectivity index (χ4n) is 2.18. The molecule has 0 aliphatic rings. The number of hydrogen-bond acceptors (Lipinski definition) is 5. The van der Waals surface area contributed by atoms with Crippen molar-refractivity contribution in [1.82, 2.24) is 15.3 Å². The van der Waals surface area contributed by atoms with Crippen LogP contribution in [0, 0.1) is 5.92 Å². The highest BCUT2D eigenvalue weighted by Gasteiger charge is 2.13. The Balaban J connectivity index is 1.99. The third-order valence-corrected chi connectivity index (χ3v) is 5.08. The van der Waals surface area contributed by atoms with Gasteiger partial charge in [0, 0.05) is 25.7 Å². The summed E-state index contributed by atoms with van der Waals surface area (Å²) in [5, 5.41) is 3.84. The molecule has 0 aliphatic carbocycles. The van der Waals surface area contributed by atoms with Crippen LogP contribution in [0.15, 0.2) is 41.6 Å². The summed E-state index contributed by atoms with van der Waals surface area (Å²) in [7, 11) is 1.96. The Bertz CT molecular complexity index is 727. The molecule has 1 heterocycles. The first-order valence-electron chi connectivity index (χ1n) is 8.57. The molecule has 1 aromatic heterocycles. The minimum Gasteiger partial charge on any atom is -0.355 e. The number of carbonyl (C=O) groups is 1. The van der Waals surface area contributed by atoms with Crippen molar-refractivity contribution in [3.8, 4) is 0 Å². The molecule has 0 bridgehead atoms. The van der Waals surface area contributed by atoms with Crippen LogP contribution >= 0.6 is 23.4 Å². The summed E-state index contributed by atoms with van der Waals surface area (Å²) in [4.78, 5) is 22.8. The van der Waals surface area contributed by atoms with Crippen molar-refractivity contribution in [3.63, 3.8) is 0 Å². The summed E-state index contributed by atoms with van der Waals surface area (Å²) in [5.74, 6) is 1.36. The lowest BCUT2D eigenvalue weighted by molar-refractivity contribution is -0.119. The van der Waals surface area contributed by atoms with E-state index < -0.39 is 0 Å². The van der Waals surface area contributed by atoms with E-state index in [1.807, 2.05) is 37.1 Å². The molecule has 0 fully saturated rings. The van der Waals surface area contributed by atoms with Crippen LogP contribution in [0.2, 0.25) is 5.15 Å². The summed E-state index contributed by atoms with van der Waals surface area (Å²) in [6.45, 7) is 6.87. The van der Waals surface area contributed by atoms with Crippen molar-refractivity contribution >= 4 is 35.1 Å².